The van der Waals surface area contributed by atoms with Gasteiger partial charge in [0, 0.05) is 18.0 Å². The predicted octanol–water partition coefficient (Wildman–Crippen LogP) is 1.26. The number of nitrogens with one attached hydrogen (secondary N) is 2. The molecule has 0 aliphatic rings. The van der Waals surface area contributed by atoms with Crippen LogP contribution in [0.2, 0.25) is 0 Å². The quantitative estimate of drug-likeness (QED) is 0.655. The number of aromatic nitrogens is 2. The van der Waals surface area contributed by atoms with Crippen LogP contribution in [0.15, 0.2) is 29.6 Å². The molecule has 1 aromatic heterocycles. The highest BCUT2D eigenvalue weighted by Crippen LogP contribution is 2.29. The Balaban J connectivity index is 1.92. The molecule has 122 valence electrons. The molecule has 0 unspecified atom stereocenters. The number of nitrogens with zero attached hydrogens (tertiary/aromatic N) is 1. The number of carbonyl (C=O) groups is 2. The normalized spacial score (nSPS) is 10.2. The van der Waals surface area contributed by atoms with Crippen molar-refractivity contribution >= 4 is 29.3 Å². The number of methoxy groups -OCH3 is 2. The SMILES string of the molecule is COc1ccc(NC(=O)CSc2nc(C(N)=O)c[nH]2)cc1OC. The third kappa shape index (κ3) is 4.39. The Morgan fingerprint density at radius 1 is 1.30 bits per heavy atom. The molecule has 2 aromatic rings. The molecule has 0 aliphatic carbocycles. The van der Waals surface area contributed by atoms with Gasteiger partial charge in [0.15, 0.2) is 16.7 Å². The second-order valence-corrected chi connectivity index (χ2v) is 5.33. The van der Waals surface area contributed by atoms with Gasteiger partial charge in [-0.05, 0) is 12.1 Å². The van der Waals surface area contributed by atoms with Gasteiger partial charge in [0.05, 0.1) is 20.0 Å². The molecule has 0 radical (unpaired) electrons. The van der Waals surface area contributed by atoms with E-state index in [1.54, 1.807) is 18.2 Å². The number of thioether (sulfide) groups is 1. The van der Waals surface area contributed by atoms with E-state index in [-0.39, 0.29) is 17.4 Å². The molecular weight excluding hydrogens is 320 g/mol. The minimum absolute atomic E-state index is 0.125. The first-order valence-electron chi connectivity index (χ1n) is 6.53. The number of benzene rings is 1. The Morgan fingerprint density at radius 3 is 2.65 bits per heavy atom. The average Bonchev–Trinajstić information content (AvgIpc) is 3.02. The van der Waals surface area contributed by atoms with Gasteiger partial charge in [-0.2, -0.15) is 0 Å². The number of hydrogen-bond donors (Lipinski definition) is 3. The number of ether oxygens (including phenoxy) is 2. The zero-order valence-electron chi connectivity index (χ0n) is 12.6. The lowest BCUT2D eigenvalue weighted by Gasteiger charge is -2.10. The molecule has 1 heterocycles. The summed E-state index contributed by atoms with van der Waals surface area (Å²) < 4.78 is 10.3. The number of nitrogens with two attached hydrogens (primary N) is 1. The zero-order valence-corrected chi connectivity index (χ0v) is 13.4. The molecule has 1 aromatic carbocycles. The number of primary amides is 1. The first-order valence-corrected chi connectivity index (χ1v) is 7.52. The highest BCUT2D eigenvalue weighted by Gasteiger charge is 2.10. The molecule has 0 saturated carbocycles. The van der Waals surface area contributed by atoms with E-state index in [1.165, 1.54) is 20.4 Å². The van der Waals surface area contributed by atoms with Gasteiger partial charge in [-0.1, -0.05) is 11.8 Å². The first-order chi connectivity index (χ1) is 11.0. The number of amides is 2. The van der Waals surface area contributed by atoms with Crippen LogP contribution in [0.25, 0.3) is 0 Å². The van der Waals surface area contributed by atoms with E-state index in [0.29, 0.717) is 22.3 Å². The minimum Gasteiger partial charge on any atom is -0.493 e. The summed E-state index contributed by atoms with van der Waals surface area (Å²) in [6, 6.07) is 5.08. The van der Waals surface area contributed by atoms with Crippen molar-refractivity contribution in [2.45, 2.75) is 5.16 Å². The van der Waals surface area contributed by atoms with Crippen LogP contribution in [-0.4, -0.2) is 41.8 Å². The fraction of sp³-hybridized carbons (Fsp3) is 0.214. The number of aromatic amines is 1. The molecule has 2 amide bonds. The van der Waals surface area contributed by atoms with Crippen molar-refractivity contribution in [3.8, 4) is 11.5 Å². The summed E-state index contributed by atoms with van der Waals surface area (Å²) in [5.74, 6) is 0.381. The van der Waals surface area contributed by atoms with Gasteiger partial charge >= 0.3 is 0 Å². The van der Waals surface area contributed by atoms with Crippen molar-refractivity contribution in [1.82, 2.24) is 9.97 Å². The predicted molar refractivity (Wildman–Crippen MR) is 86.0 cm³/mol. The van der Waals surface area contributed by atoms with Crippen LogP contribution in [0.1, 0.15) is 10.5 Å². The fourth-order valence-electron chi connectivity index (χ4n) is 1.75. The maximum atomic E-state index is 11.9. The van der Waals surface area contributed by atoms with Crippen molar-refractivity contribution in [1.29, 1.82) is 0 Å². The number of rotatable bonds is 7. The van der Waals surface area contributed by atoms with E-state index in [4.69, 9.17) is 15.2 Å². The van der Waals surface area contributed by atoms with Gasteiger partial charge in [-0.25, -0.2) is 4.98 Å². The summed E-state index contributed by atoms with van der Waals surface area (Å²) >= 11 is 1.16. The molecule has 0 fully saturated rings. The van der Waals surface area contributed by atoms with Crippen molar-refractivity contribution in [2.24, 2.45) is 5.73 Å². The van der Waals surface area contributed by atoms with Gasteiger partial charge < -0.3 is 25.5 Å². The third-order valence-corrected chi connectivity index (χ3v) is 3.70. The average molecular weight is 336 g/mol. The van der Waals surface area contributed by atoms with Gasteiger partial charge in [0.2, 0.25) is 5.91 Å². The van der Waals surface area contributed by atoms with Crippen LogP contribution < -0.4 is 20.5 Å². The third-order valence-electron chi connectivity index (χ3n) is 2.81. The highest BCUT2D eigenvalue weighted by atomic mass is 32.2. The summed E-state index contributed by atoms with van der Waals surface area (Å²) in [7, 11) is 3.06. The number of imidazole rings is 1. The molecule has 23 heavy (non-hydrogen) atoms. The largest absolute Gasteiger partial charge is 0.493 e. The van der Waals surface area contributed by atoms with E-state index in [9.17, 15) is 9.59 Å². The minimum atomic E-state index is -0.622. The zero-order chi connectivity index (χ0) is 16.8. The molecule has 9 heteroatoms. The monoisotopic (exact) mass is 336 g/mol. The van der Waals surface area contributed by atoms with Crippen molar-refractivity contribution in [3.63, 3.8) is 0 Å². The maximum Gasteiger partial charge on any atom is 0.268 e. The van der Waals surface area contributed by atoms with Crippen LogP contribution in [0.3, 0.4) is 0 Å². The highest BCUT2D eigenvalue weighted by molar-refractivity contribution is 7.99. The van der Waals surface area contributed by atoms with Gasteiger partial charge in [-0.15, -0.1) is 0 Å². The second-order valence-electron chi connectivity index (χ2n) is 4.36. The van der Waals surface area contributed by atoms with Gasteiger partial charge in [-0.3, -0.25) is 9.59 Å². The number of anilines is 1. The Bertz CT molecular complexity index is 717. The topological polar surface area (TPSA) is 119 Å². The van der Waals surface area contributed by atoms with Crippen LogP contribution in [0.5, 0.6) is 11.5 Å². The van der Waals surface area contributed by atoms with Crippen LogP contribution >= 0.6 is 11.8 Å². The fourth-order valence-corrected chi connectivity index (χ4v) is 2.39. The number of H-pyrrole nitrogens is 1. The Kier molecular flexibility index (Phi) is 5.47. The molecule has 0 bridgehead atoms. The lowest BCUT2D eigenvalue weighted by Crippen LogP contribution is -2.14. The molecule has 0 aliphatic heterocycles. The molecule has 4 N–H and O–H groups in total. The summed E-state index contributed by atoms with van der Waals surface area (Å²) in [6.45, 7) is 0. The Morgan fingerprint density at radius 2 is 2.04 bits per heavy atom. The maximum absolute atomic E-state index is 11.9. The van der Waals surface area contributed by atoms with Gasteiger partial charge in [0.1, 0.15) is 5.69 Å². The number of carbonyl (C=O) groups excluding carboxylic acids is 2. The Hall–Kier alpha value is -2.68. The summed E-state index contributed by atoms with van der Waals surface area (Å²) in [5, 5.41) is 3.18. The van der Waals surface area contributed by atoms with Crippen LogP contribution in [-0.2, 0) is 4.79 Å². The van der Waals surface area contributed by atoms with E-state index < -0.39 is 5.91 Å². The summed E-state index contributed by atoms with van der Waals surface area (Å²) in [5.41, 5.74) is 5.82. The van der Waals surface area contributed by atoms with E-state index in [1.807, 2.05) is 0 Å². The first kappa shape index (κ1) is 16.7. The summed E-state index contributed by atoms with van der Waals surface area (Å²) in [6.07, 6.45) is 1.40. The lowest BCUT2D eigenvalue weighted by molar-refractivity contribution is -0.113. The second kappa shape index (κ2) is 7.54. The van der Waals surface area contributed by atoms with Crippen LogP contribution in [0.4, 0.5) is 5.69 Å². The van der Waals surface area contributed by atoms with Crippen molar-refractivity contribution in [2.75, 3.05) is 25.3 Å². The number of hydrogen-bond acceptors (Lipinski definition) is 6. The van der Waals surface area contributed by atoms with Crippen molar-refractivity contribution < 1.29 is 19.1 Å². The molecule has 0 spiro atoms. The van der Waals surface area contributed by atoms with E-state index >= 15 is 0 Å². The van der Waals surface area contributed by atoms with E-state index in [0.717, 1.165) is 11.8 Å². The molecular formula is C14H16N4O4S. The molecule has 8 nitrogen and oxygen atoms in total. The molecule has 0 saturated heterocycles. The lowest BCUT2D eigenvalue weighted by atomic mass is 10.2. The smallest absolute Gasteiger partial charge is 0.268 e. The van der Waals surface area contributed by atoms with E-state index in [2.05, 4.69) is 15.3 Å². The van der Waals surface area contributed by atoms with Gasteiger partial charge in [0.25, 0.3) is 5.91 Å². The summed E-state index contributed by atoms with van der Waals surface area (Å²) in [4.78, 5) is 29.6. The Labute approximate surface area is 136 Å². The molecule has 2 rings (SSSR count). The molecule has 0 atom stereocenters. The van der Waals surface area contributed by atoms with Crippen LogP contribution in [0, 0.1) is 0 Å². The standard InChI is InChI=1S/C14H16N4O4S/c1-21-10-4-3-8(5-11(10)22-2)17-12(19)7-23-14-16-6-9(18-14)13(15)20/h3-6H,7H2,1-2H3,(H2,15,20)(H,16,18)(H,17,19). The van der Waals surface area contributed by atoms with Crippen molar-refractivity contribution in [3.05, 3.63) is 30.1 Å².